The molecule has 0 aliphatic rings. The number of aromatic nitrogens is 1. The molecular weight excluding hydrogens is 220 g/mol. The van der Waals surface area contributed by atoms with Gasteiger partial charge in [0.2, 0.25) is 5.91 Å². The molecule has 1 amide bonds. The molecule has 64 valence electrons. The van der Waals surface area contributed by atoms with Crippen LogP contribution in [0.25, 0.3) is 0 Å². The SMILES string of the molecule is NC(=O)CCc1ccc(Br)nc1. The van der Waals surface area contributed by atoms with Gasteiger partial charge in [-0.15, -0.1) is 0 Å². The molecule has 0 atom stereocenters. The van der Waals surface area contributed by atoms with Crippen molar-refractivity contribution in [2.24, 2.45) is 5.73 Å². The van der Waals surface area contributed by atoms with Crippen LogP contribution in [0.4, 0.5) is 0 Å². The largest absolute Gasteiger partial charge is 0.370 e. The van der Waals surface area contributed by atoms with E-state index < -0.39 is 0 Å². The fourth-order valence-electron chi connectivity index (χ4n) is 0.822. The lowest BCUT2D eigenvalue weighted by Gasteiger charge is -1.97. The summed E-state index contributed by atoms with van der Waals surface area (Å²) < 4.78 is 0.797. The summed E-state index contributed by atoms with van der Waals surface area (Å²) in [5.41, 5.74) is 6.03. The third kappa shape index (κ3) is 3.00. The minimum atomic E-state index is -0.280. The molecule has 1 aromatic heterocycles. The quantitative estimate of drug-likeness (QED) is 0.793. The fraction of sp³-hybridized carbons (Fsp3) is 0.250. The molecule has 0 saturated carbocycles. The lowest BCUT2D eigenvalue weighted by Crippen LogP contribution is -2.11. The summed E-state index contributed by atoms with van der Waals surface area (Å²) in [5, 5.41) is 0. The van der Waals surface area contributed by atoms with Crippen LogP contribution in [0.15, 0.2) is 22.9 Å². The standard InChI is InChI=1S/C8H9BrN2O/c9-7-3-1-6(5-11-7)2-4-8(10)12/h1,3,5H,2,4H2,(H2,10,12). The Balaban J connectivity index is 2.53. The molecule has 1 rings (SSSR count). The zero-order valence-electron chi connectivity index (χ0n) is 6.46. The minimum Gasteiger partial charge on any atom is -0.370 e. The van der Waals surface area contributed by atoms with Gasteiger partial charge in [-0.05, 0) is 34.0 Å². The summed E-state index contributed by atoms with van der Waals surface area (Å²) in [5.74, 6) is -0.280. The molecule has 0 aliphatic carbocycles. The molecule has 1 aromatic rings. The number of nitrogens with two attached hydrogens (primary N) is 1. The second-order valence-corrected chi connectivity index (χ2v) is 3.27. The number of carbonyl (C=O) groups excluding carboxylic acids is 1. The Kier molecular flexibility index (Phi) is 3.22. The van der Waals surface area contributed by atoms with Crippen molar-refractivity contribution in [2.75, 3.05) is 0 Å². The first-order chi connectivity index (χ1) is 5.68. The van der Waals surface area contributed by atoms with Gasteiger partial charge in [0.25, 0.3) is 0 Å². The zero-order valence-corrected chi connectivity index (χ0v) is 8.04. The van der Waals surface area contributed by atoms with Crippen molar-refractivity contribution < 1.29 is 4.79 Å². The first-order valence-electron chi connectivity index (χ1n) is 3.57. The topological polar surface area (TPSA) is 56.0 Å². The van der Waals surface area contributed by atoms with Gasteiger partial charge in [-0.3, -0.25) is 4.79 Å². The van der Waals surface area contributed by atoms with Crippen LogP contribution in [-0.4, -0.2) is 10.9 Å². The highest BCUT2D eigenvalue weighted by molar-refractivity contribution is 9.10. The number of rotatable bonds is 3. The monoisotopic (exact) mass is 228 g/mol. The second-order valence-electron chi connectivity index (χ2n) is 2.46. The molecule has 1 heterocycles. The third-order valence-corrected chi connectivity index (χ3v) is 1.92. The maximum atomic E-state index is 10.4. The van der Waals surface area contributed by atoms with Crippen molar-refractivity contribution in [3.63, 3.8) is 0 Å². The number of hydrogen-bond acceptors (Lipinski definition) is 2. The van der Waals surface area contributed by atoms with Gasteiger partial charge in [-0.25, -0.2) is 4.98 Å². The number of amides is 1. The van der Waals surface area contributed by atoms with E-state index in [1.54, 1.807) is 6.20 Å². The normalized spacial score (nSPS) is 9.75. The van der Waals surface area contributed by atoms with Crippen LogP contribution in [0, 0.1) is 0 Å². The lowest BCUT2D eigenvalue weighted by molar-refractivity contribution is -0.117. The number of hydrogen-bond donors (Lipinski definition) is 1. The van der Waals surface area contributed by atoms with Gasteiger partial charge in [0.15, 0.2) is 0 Å². The van der Waals surface area contributed by atoms with Crippen LogP contribution in [0.3, 0.4) is 0 Å². The van der Waals surface area contributed by atoms with Gasteiger partial charge in [0.1, 0.15) is 4.60 Å². The highest BCUT2D eigenvalue weighted by Gasteiger charge is 1.97. The Morgan fingerprint density at radius 2 is 2.33 bits per heavy atom. The summed E-state index contributed by atoms with van der Waals surface area (Å²) in [6.07, 6.45) is 2.77. The smallest absolute Gasteiger partial charge is 0.217 e. The van der Waals surface area contributed by atoms with E-state index in [9.17, 15) is 4.79 Å². The zero-order chi connectivity index (χ0) is 8.97. The van der Waals surface area contributed by atoms with E-state index in [0.29, 0.717) is 12.8 Å². The Morgan fingerprint density at radius 1 is 1.58 bits per heavy atom. The molecule has 3 nitrogen and oxygen atoms in total. The Bertz CT molecular complexity index is 271. The molecule has 0 spiro atoms. The number of primary amides is 1. The van der Waals surface area contributed by atoms with E-state index in [2.05, 4.69) is 20.9 Å². The molecule has 0 unspecified atom stereocenters. The minimum absolute atomic E-state index is 0.280. The summed E-state index contributed by atoms with van der Waals surface area (Å²) in [7, 11) is 0. The van der Waals surface area contributed by atoms with Crippen LogP contribution < -0.4 is 5.73 Å². The maximum Gasteiger partial charge on any atom is 0.217 e. The van der Waals surface area contributed by atoms with Crippen molar-refractivity contribution >= 4 is 21.8 Å². The molecule has 0 saturated heterocycles. The molecule has 0 radical (unpaired) electrons. The van der Waals surface area contributed by atoms with E-state index in [1.807, 2.05) is 12.1 Å². The van der Waals surface area contributed by atoms with Gasteiger partial charge >= 0.3 is 0 Å². The number of pyridine rings is 1. The Morgan fingerprint density at radius 3 is 2.83 bits per heavy atom. The highest BCUT2D eigenvalue weighted by atomic mass is 79.9. The summed E-state index contributed by atoms with van der Waals surface area (Å²) >= 11 is 3.22. The predicted molar refractivity (Wildman–Crippen MR) is 49.5 cm³/mol. The van der Waals surface area contributed by atoms with Crippen molar-refractivity contribution in [3.05, 3.63) is 28.5 Å². The van der Waals surface area contributed by atoms with E-state index in [-0.39, 0.29) is 5.91 Å². The molecule has 0 bridgehead atoms. The van der Waals surface area contributed by atoms with Crippen molar-refractivity contribution in [3.8, 4) is 0 Å². The van der Waals surface area contributed by atoms with Gasteiger partial charge in [0, 0.05) is 12.6 Å². The van der Waals surface area contributed by atoms with Crippen LogP contribution in [0.5, 0.6) is 0 Å². The van der Waals surface area contributed by atoms with E-state index >= 15 is 0 Å². The van der Waals surface area contributed by atoms with Crippen molar-refractivity contribution in [1.29, 1.82) is 0 Å². The van der Waals surface area contributed by atoms with Gasteiger partial charge < -0.3 is 5.73 Å². The van der Waals surface area contributed by atoms with Crippen LogP contribution in [-0.2, 0) is 11.2 Å². The van der Waals surface area contributed by atoms with Crippen LogP contribution >= 0.6 is 15.9 Å². The van der Waals surface area contributed by atoms with E-state index in [4.69, 9.17) is 5.73 Å². The molecular formula is C8H9BrN2O. The Labute approximate surface area is 79.1 Å². The predicted octanol–water partition coefficient (Wildman–Crippen LogP) is 1.26. The number of halogens is 1. The molecule has 2 N–H and O–H groups in total. The summed E-state index contributed by atoms with van der Waals surface area (Å²) in [6.45, 7) is 0. The molecule has 4 heteroatoms. The van der Waals surface area contributed by atoms with Gasteiger partial charge in [-0.2, -0.15) is 0 Å². The van der Waals surface area contributed by atoms with E-state index in [1.165, 1.54) is 0 Å². The molecule has 0 fully saturated rings. The molecule has 12 heavy (non-hydrogen) atoms. The first kappa shape index (κ1) is 9.19. The average Bonchev–Trinajstić information content (AvgIpc) is 2.03. The Hall–Kier alpha value is -0.900. The molecule has 0 aliphatic heterocycles. The first-order valence-corrected chi connectivity index (χ1v) is 4.36. The second kappa shape index (κ2) is 4.21. The molecule has 0 aromatic carbocycles. The van der Waals surface area contributed by atoms with Gasteiger partial charge in [-0.1, -0.05) is 6.07 Å². The number of nitrogens with zero attached hydrogens (tertiary/aromatic N) is 1. The number of carbonyl (C=O) groups is 1. The van der Waals surface area contributed by atoms with Crippen LogP contribution in [0.1, 0.15) is 12.0 Å². The maximum absolute atomic E-state index is 10.4. The average molecular weight is 229 g/mol. The lowest BCUT2D eigenvalue weighted by atomic mass is 10.1. The summed E-state index contributed by atoms with van der Waals surface area (Å²) in [4.78, 5) is 14.5. The third-order valence-electron chi connectivity index (χ3n) is 1.45. The van der Waals surface area contributed by atoms with Gasteiger partial charge in [0.05, 0.1) is 0 Å². The van der Waals surface area contributed by atoms with Crippen LogP contribution in [0.2, 0.25) is 0 Å². The number of aryl methyl sites for hydroxylation is 1. The summed E-state index contributed by atoms with van der Waals surface area (Å²) in [6, 6.07) is 3.76. The van der Waals surface area contributed by atoms with E-state index in [0.717, 1.165) is 10.2 Å². The highest BCUT2D eigenvalue weighted by Crippen LogP contribution is 2.07. The van der Waals surface area contributed by atoms with Crippen molar-refractivity contribution in [1.82, 2.24) is 4.98 Å². The van der Waals surface area contributed by atoms with Crippen molar-refractivity contribution in [2.45, 2.75) is 12.8 Å². The fourth-order valence-corrected chi connectivity index (χ4v) is 1.06.